The van der Waals surface area contributed by atoms with Crippen molar-refractivity contribution in [3.8, 4) is 17.2 Å². The van der Waals surface area contributed by atoms with Gasteiger partial charge in [0.05, 0.1) is 46.2 Å². The second kappa shape index (κ2) is 8.07. The molecule has 0 saturated heterocycles. The standard InChI is InChI=1S/C15H17ClN2O5S/c1-20-10-5-9(14(19)23-4)11(13(22-3)12(10)21-2)17-6-8-7-18-15(16)24-8/h5,7,17H,6H2,1-4H3. The van der Waals surface area contributed by atoms with Crippen LogP contribution in [0.4, 0.5) is 5.69 Å². The molecular formula is C15H17ClN2O5S. The number of carbonyl (C=O) groups excluding carboxylic acids is 1. The van der Waals surface area contributed by atoms with E-state index >= 15 is 0 Å². The zero-order valence-electron chi connectivity index (χ0n) is 13.6. The number of hydrogen-bond acceptors (Lipinski definition) is 8. The molecule has 0 unspecified atom stereocenters. The third-order valence-electron chi connectivity index (χ3n) is 3.20. The van der Waals surface area contributed by atoms with Crippen molar-refractivity contribution in [2.75, 3.05) is 33.8 Å². The number of ether oxygens (including phenoxy) is 4. The van der Waals surface area contributed by atoms with Gasteiger partial charge in [-0.15, -0.1) is 11.3 Å². The molecule has 2 rings (SSSR count). The van der Waals surface area contributed by atoms with Gasteiger partial charge in [0, 0.05) is 17.1 Å². The second-order valence-electron chi connectivity index (χ2n) is 4.49. The Morgan fingerprint density at radius 1 is 1.21 bits per heavy atom. The topological polar surface area (TPSA) is 78.9 Å². The molecule has 7 nitrogen and oxygen atoms in total. The Bertz CT molecular complexity index is 735. The summed E-state index contributed by atoms with van der Waals surface area (Å²) in [5.74, 6) is 0.547. The summed E-state index contributed by atoms with van der Waals surface area (Å²) in [6.07, 6.45) is 1.66. The van der Waals surface area contributed by atoms with E-state index in [1.54, 1.807) is 6.20 Å². The number of carbonyl (C=O) groups is 1. The predicted molar refractivity (Wildman–Crippen MR) is 91.9 cm³/mol. The fourth-order valence-electron chi connectivity index (χ4n) is 2.14. The van der Waals surface area contributed by atoms with Crippen molar-refractivity contribution < 1.29 is 23.7 Å². The van der Waals surface area contributed by atoms with E-state index in [1.807, 2.05) is 0 Å². The lowest BCUT2D eigenvalue weighted by Crippen LogP contribution is -2.11. The van der Waals surface area contributed by atoms with Crippen LogP contribution in [0.1, 0.15) is 15.2 Å². The molecule has 0 amide bonds. The maximum absolute atomic E-state index is 12.1. The van der Waals surface area contributed by atoms with Crippen molar-refractivity contribution in [2.45, 2.75) is 6.54 Å². The van der Waals surface area contributed by atoms with Crippen LogP contribution in [0, 0.1) is 0 Å². The molecule has 130 valence electrons. The van der Waals surface area contributed by atoms with Crippen LogP contribution >= 0.6 is 22.9 Å². The third-order valence-corrected chi connectivity index (χ3v) is 4.31. The third kappa shape index (κ3) is 3.65. The van der Waals surface area contributed by atoms with E-state index in [0.717, 1.165) is 4.88 Å². The van der Waals surface area contributed by atoms with E-state index in [4.69, 9.17) is 30.5 Å². The first-order chi connectivity index (χ1) is 11.5. The second-order valence-corrected chi connectivity index (χ2v) is 6.19. The highest BCUT2D eigenvalue weighted by Crippen LogP contribution is 2.45. The summed E-state index contributed by atoms with van der Waals surface area (Å²) in [5.41, 5.74) is 0.703. The van der Waals surface area contributed by atoms with Gasteiger partial charge in [0.25, 0.3) is 0 Å². The van der Waals surface area contributed by atoms with Gasteiger partial charge in [-0.1, -0.05) is 11.6 Å². The molecule has 0 spiro atoms. The molecule has 1 aromatic heterocycles. The van der Waals surface area contributed by atoms with Crippen LogP contribution in [0.5, 0.6) is 17.2 Å². The Balaban J connectivity index is 2.50. The molecule has 0 aliphatic heterocycles. The Hall–Kier alpha value is -2.19. The lowest BCUT2D eigenvalue weighted by atomic mass is 10.1. The maximum Gasteiger partial charge on any atom is 0.340 e. The summed E-state index contributed by atoms with van der Waals surface area (Å²) in [5, 5.41) is 3.15. The van der Waals surface area contributed by atoms with Crippen molar-refractivity contribution in [3.05, 3.63) is 27.2 Å². The highest BCUT2D eigenvalue weighted by Gasteiger charge is 2.24. The summed E-state index contributed by atoms with van der Waals surface area (Å²) < 4.78 is 21.3. The Kier molecular flexibility index (Phi) is 6.10. The van der Waals surface area contributed by atoms with Crippen LogP contribution < -0.4 is 19.5 Å². The number of esters is 1. The average Bonchev–Trinajstić information content (AvgIpc) is 3.02. The number of rotatable bonds is 7. The van der Waals surface area contributed by atoms with Gasteiger partial charge < -0.3 is 24.3 Å². The van der Waals surface area contributed by atoms with Crippen molar-refractivity contribution in [1.82, 2.24) is 4.98 Å². The van der Waals surface area contributed by atoms with E-state index in [1.165, 1.54) is 45.8 Å². The first-order valence-corrected chi connectivity index (χ1v) is 8.00. The molecule has 0 aliphatic carbocycles. The van der Waals surface area contributed by atoms with Gasteiger partial charge >= 0.3 is 5.97 Å². The van der Waals surface area contributed by atoms with Gasteiger partial charge in [0.1, 0.15) is 0 Å². The summed E-state index contributed by atoms with van der Waals surface area (Å²) in [7, 11) is 5.75. The number of halogens is 1. The van der Waals surface area contributed by atoms with E-state index in [9.17, 15) is 4.79 Å². The minimum absolute atomic E-state index is 0.266. The van der Waals surface area contributed by atoms with Crippen LogP contribution in [0.25, 0.3) is 0 Å². The van der Waals surface area contributed by atoms with Gasteiger partial charge in [0.2, 0.25) is 5.75 Å². The number of anilines is 1. The molecule has 0 saturated carbocycles. The zero-order chi connectivity index (χ0) is 17.7. The maximum atomic E-state index is 12.1. The summed E-state index contributed by atoms with van der Waals surface area (Å²) in [6.45, 7) is 0.403. The number of nitrogens with one attached hydrogen (secondary N) is 1. The predicted octanol–water partition coefficient (Wildman–Crippen LogP) is 3.22. The van der Waals surface area contributed by atoms with E-state index in [-0.39, 0.29) is 5.56 Å². The van der Waals surface area contributed by atoms with E-state index < -0.39 is 5.97 Å². The molecular weight excluding hydrogens is 356 g/mol. The molecule has 0 aliphatic rings. The SMILES string of the molecule is COC(=O)c1cc(OC)c(OC)c(OC)c1NCc1cnc(Cl)s1. The van der Waals surface area contributed by atoms with E-state index in [0.29, 0.717) is 33.9 Å². The largest absolute Gasteiger partial charge is 0.493 e. The first kappa shape index (κ1) is 18.2. The minimum atomic E-state index is -0.529. The van der Waals surface area contributed by atoms with Gasteiger partial charge in [-0.3, -0.25) is 0 Å². The zero-order valence-corrected chi connectivity index (χ0v) is 15.2. The normalized spacial score (nSPS) is 10.2. The van der Waals surface area contributed by atoms with Crippen LogP contribution in [-0.4, -0.2) is 39.4 Å². The van der Waals surface area contributed by atoms with Gasteiger partial charge in [-0.2, -0.15) is 0 Å². The lowest BCUT2D eigenvalue weighted by molar-refractivity contribution is 0.0601. The lowest BCUT2D eigenvalue weighted by Gasteiger charge is -2.19. The number of benzene rings is 1. The molecule has 2 aromatic rings. The number of aromatic nitrogens is 1. The van der Waals surface area contributed by atoms with Gasteiger partial charge in [-0.25, -0.2) is 9.78 Å². The first-order valence-electron chi connectivity index (χ1n) is 6.81. The molecule has 1 aromatic carbocycles. The molecule has 0 fully saturated rings. The highest BCUT2D eigenvalue weighted by molar-refractivity contribution is 7.15. The quantitative estimate of drug-likeness (QED) is 0.747. The summed E-state index contributed by atoms with van der Waals surface area (Å²) in [6, 6.07) is 1.54. The molecule has 0 atom stereocenters. The number of hydrogen-bond donors (Lipinski definition) is 1. The number of thiazole rings is 1. The fraction of sp³-hybridized carbons (Fsp3) is 0.333. The van der Waals surface area contributed by atoms with Crippen molar-refractivity contribution >= 4 is 34.6 Å². The van der Waals surface area contributed by atoms with Crippen molar-refractivity contribution in [3.63, 3.8) is 0 Å². The Morgan fingerprint density at radius 3 is 2.42 bits per heavy atom. The Morgan fingerprint density at radius 2 is 1.92 bits per heavy atom. The van der Waals surface area contributed by atoms with Crippen LogP contribution in [0.3, 0.4) is 0 Å². The molecule has 24 heavy (non-hydrogen) atoms. The summed E-state index contributed by atoms with van der Waals surface area (Å²) in [4.78, 5) is 17.0. The van der Waals surface area contributed by atoms with Gasteiger partial charge in [-0.05, 0) is 0 Å². The van der Waals surface area contributed by atoms with Crippen LogP contribution in [-0.2, 0) is 11.3 Å². The van der Waals surface area contributed by atoms with Crippen LogP contribution in [0.2, 0.25) is 4.47 Å². The fourth-order valence-corrected chi connectivity index (χ4v) is 3.06. The highest BCUT2D eigenvalue weighted by atomic mass is 35.5. The number of methoxy groups -OCH3 is 4. The number of nitrogens with zero attached hydrogens (tertiary/aromatic N) is 1. The molecule has 0 bridgehead atoms. The van der Waals surface area contributed by atoms with Gasteiger partial charge in [0.15, 0.2) is 16.0 Å². The molecule has 1 N–H and O–H groups in total. The Labute approximate surface area is 148 Å². The average molecular weight is 373 g/mol. The minimum Gasteiger partial charge on any atom is -0.493 e. The van der Waals surface area contributed by atoms with Crippen LogP contribution in [0.15, 0.2) is 12.3 Å². The van der Waals surface area contributed by atoms with E-state index in [2.05, 4.69) is 10.3 Å². The van der Waals surface area contributed by atoms with Crippen molar-refractivity contribution in [2.24, 2.45) is 0 Å². The molecule has 0 radical (unpaired) electrons. The molecule has 9 heteroatoms. The monoisotopic (exact) mass is 372 g/mol. The smallest absolute Gasteiger partial charge is 0.340 e. The summed E-state index contributed by atoms with van der Waals surface area (Å²) >= 11 is 7.17. The van der Waals surface area contributed by atoms with Crippen molar-refractivity contribution in [1.29, 1.82) is 0 Å². The molecule has 1 heterocycles.